The van der Waals surface area contributed by atoms with Gasteiger partial charge < -0.3 is 15.4 Å². The lowest BCUT2D eigenvalue weighted by atomic mass is 9.96. The first-order valence-corrected chi connectivity index (χ1v) is 11.3. The largest absolute Gasteiger partial charge is 0.496 e. The van der Waals surface area contributed by atoms with Gasteiger partial charge in [-0.2, -0.15) is 0 Å². The molecular formula is C27H35FN2O. The van der Waals surface area contributed by atoms with E-state index in [4.69, 9.17) is 4.74 Å². The van der Waals surface area contributed by atoms with E-state index in [0.29, 0.717) is 11.3 Å². The van der Waals surface area contributed by atoms with E-state index in [1.807, 2.05) is 6.08 Å². The summed E-state index contributed by atoms with van der Waals surface area (Å²) in [6.45, 7) is 8.38. The number of aryl methyl sites for hydroxylation is 2. The zero-order chi connectivity index (χ0) is 22.1. The Labute approximate surface area is 186 Å². The van der Waals surface area contributed by atoms with Gasteiger partial charge in [0, 0.05) is 6.54 Å². The average molecular weight is 423 g/mol. The Morgan fingerprint density at radius 3 is 2.61 bits per heavy atom. The highest BCUT2D eigenvalue weighted by atomic mass is 19.1. The van der Waals surface area contributed by atoms with E-state index in [9.17, 15) is 4.39 Å². The molecule has 0 radical (unpaired) electrons. The average Bonchev–Trinajstić information content (AvgIpc) is 3.21. The van der Waals surface area contributed by atoms with Crippen LogP contribution in [0.2, 0.25) is 0 Å². The maximum Gasteiger partial charge on any atom is 0.134 e. The predicted molar refractivity (Wildman–Crippen MR) is 129 cm³/mol. The van der Waals surface area contributed by atoms with Gasteiger partial charge in [-0.1, -0.05) is 42.0 Å². The lowest BCUT2D eigenvalue weighted by Gasteiger charge is -2.11. The summed E-state index contributed by atoms with van der Waals surface area (Å²) in [6, 6.07) is 11.7. The fraction of sp³-hybridized carbons (Fsp3) is 0.407. The third-order valence-electron chi connectivity index (χ3n) is 5.83. The first kappa shape index (κ1) is 23.2. The minimum atomic E-state index is -0.201. The van der Waals surface area contributed by atoms with Crippen molar-refractivity contribution >= 4 is 11.1 Å². The number of halogens is 1. The minimum Gasteiger partial charge on any atom is -0.496 e. The predicted octanol–water partition coefficient (Wildman–Crippen LogP) is 5.67. The second-order valence-electron chi connectivity index (χ2n) is 8.19. The van der Waals surface area contributed by atoms with Crippen LogP contribution < -0.4 is 15.4 Å². The number of nitrogens with one attached hydrogen (secondary N) is 2. The van der Waals surface area contributed by atoms with Crippen molar-refractivity contribution in [2.75, 3.05) is 33.3 Å². The van der Waals surface area contributed by atoms with Crippen LogP contribution in [0.3, 0.4) is 0 Å². The van der Waals surface area contributed by atoms with Gasteiger partial charge in [0.1, 0.15) is 11.6 Å². The van der Waals surface area contributed by atoms with Gasteiger partial charge in [0.2, 0.25) is 0 Å². The minimum absolute atomic E-state index is 0.201. The number of methoxy groups -OCH3 is 1. The first-order valence-electron chi connectivity index (χ1n) is 11.3. The van der Waals surface area contributed by atoms with Gasteiger partial charge in [-0.3, -0.25) is 0 Å². The summed E-state index contributed by atoms with van der Waals surface area (Å²) in [5, 5.41) is 6.69. The molecule has 0 aromatic heterocycles. The highest BCUT2D eigenvalue weighted by Gasteiger charge is 2.14. The normalized spacial score (nSPS) is 16.8. The number of rotatable bonds is 3. The molecule has 0 spiro atoms. The molecule has 0 unspecified atom stereocenters. The molecule has 0 saturated carbocycles. The van der Waals surface area contributed by atoms with Crippen molar-refractivity contribution in [3.63, 3.8) is 0 Å². The lowest BCUT2D eigenvalue weighted by molar-refractivity contribution is 0.409. The molecule has 166 valence electrons. The molecule has 0 amide bonds. The van der Waals surface area contributed by atoms with Gasteiger partial charge in [-0.05, 0) is 93.6 Å². The quantitative estimate of drug-likeness (QED) is 0.668. The van der Waals surface area contributed by atoms with Crippen LogP contribution in [0.25, 0.3) is 11.1 Å². The topological polar surface area (TPSA) is 33.3 Å². The number of benzene rings is 2. The monoisotopic (exact) mass is 422 g/mol. The number of allylic oxidation sites excluding steroid dienone is 1. The third kappa shape index (κ3) is 6.52. The van der Waals surface area contributed by atoms with Gasteiger partial charge in [-0.25, -0.2) is 4.39 Å². The smallest absolute Gasteiger partial charge is 0.134 e. The van der Waals surface area contributed by atoms with Gasteiger partial charge in [0.15, 0.2) is 0 Å². The fourth-order valence-corrected chi connectivity index (χ4v) is 4.14. The van der Waals surface area contributed by atoms with Crippen LogP contribution in [-0.2, 0) is 0 Å². The summed E-state index contributed by atoms with van der Waals surface area (Å²) in [7, 11) is 1.58. The first-order chi connectivity index (χ1) is 15.1. The van der Waals surface area contributed by atoms with Crippen molar-refractivity contribution in [2.45, 2.75) is 39.5 Å². The van der Waals surface area contributed by atoms with Crippen molar-refractivity contribution in [1.29, 1.82) is 0 Å². The Morgan fingerprint density at radius 1 is 0.903 bits per heavy atom. The van der Waals surface area contributed by atoms with Crippen molar-refractivity contribution in [2.24, 2.45) is 0 Å². The summed E-state index contributed by atoms with van der Waals surface area (Å²) in [5.41, 5.74) is 7.37. The van der Waals surface area contributed by atoms with Gasteiger partial charge in [0.25, 0.3) is 0 Å². The van der Waals surface area contributed by atoms with E-state index < -0.39 is 0 Å². The molecule has 2 aliphatic rings. The van der Waals surface area contributed by atoms with Crippen molar-refractivity contribution in [3.8, 4) is 5.75 Å². The van der Waals surface area contributed by atoms with Crippen LogP contribution in [-0.4, -0.2) is 33.3 Å². The molecule has 31 heavy (non-hydrogen) atoms. The van der Waals surface area contributed by atoms with E-state index in [1.165, 1.54) is 28.3 Å². The molecule has 4 rings (SSSR count). The Hall–Kier alpha value is -2.43. The molecule has 0 saturated heterocycles. The molecule has 0 fully saturated rings. The Balaban J connectivity index is 0.000000176. The van der Waals surface area contributed by atoms with Crippen LogP contribution in [0.4, 0.5) is 4.39 Å². The number of hydrogen-bond donors (Lipinski definition) is 2. The molecular weight excluding hydrogens is 387 g/mol. The van der Waals surface area contributed by atoms with E-state index in [2.05, 4.69) is 48.8 Å². The fourth-order valence-electron chi connectivity index (χ4n) is 4.14. The second kappa shape index (κ2) is 11.8. The van der Waals surface area contributed by atoms with Crippen LogP contribution in [0, 0.1) is 19.7 Å². The molecule has 0 atom stereocenters. The molecule has 4 heteroatoms. The Morgan fingerprint density at radius 2 is 1.77 bits per heavy atom. The standard InChI is InChI=1S/C14H19N.C13H16FNO/c1-11-5-6-12(2)14(10-11)13-4-3-8-15-9-7-13;1-16-12-6-2-5-11(14)13(12)10-4-3-8-15-9-7-10/h4-6,10,15H,3,7-9H2,1-2H3;2,5-7,15H,3-4,8-9H2,1H3. The maximum atomic E-state index is 13.8. The zero-order valence-corrected chi connectivity index (χ0v) is 19.1. The zero-order valence-electron chi connectivity index (χ0n) is 19.1. The molecule has 0 bridgehead atoms. The van der Waals surface area contributed by atoms with E-state index in [-0.39, 0.29) is 5.82 Å². The van der Waals surface area contributed by atoms with Crippen molar-refractivity contribution < 1.29 is 9.13 Å². The molecule has 3 nitrogen and oxygen atoms in total. The summed E-state index contributed by atoms with van der Waals surface area (Å²) < 4.78 is 19.0. The van der Waals surface area contributed by atoms with E-state index >= 15 is 0 Å². The van der Waals surface area contributed by atoms with Crippen LogP contribution >= 0.6 is 0 Å². The van der Waals surface area contributed by atoms with Crippen molar-refractivity contribution in [3.05, 3.63) is 76.6 Å². The molecule has 2 aromatic rings. The van der Waals surface area contributed by atoms with E-state index in [0.717, 1.165) is 57.4 Å². The van der Waals surface area contributed by atoms with Gasteiger partial charge >= 0.3 is 0 Å². The van der Waals surface area contributed by atoms with E-state index in [1.54, 1.807) is 19.2 Å². The summed E-state index contributed by atoms with van der Waals surface area (Å²) in [6.07, 6.45) is 8.68. The summed E-state index contributed by atoms with van der Waals surface area (Å²) in [5.74, 6) is 0.417. The highest BCUT2D eigenvalue weighted by Crippen LogP contribution is 2.31. The summed E-state index contributed by atoms with van der Waals surface area (Å²) in [4.78, 5) is 0. The molecule has 2 aliphatic heterocycles. The highest BCUT2D eigenvalue weighted by molar-refractivity contribution is 5.71. The maximum absolute atomic E-state index is 13.8. The Bertz CT molecular complexity index is 933. The van der Waals surface area contributed by atoms with Crippen LogP contribution in [0.5, 0.6) is 5.75 Å². The number of ether oxygens (including phenoxy) is 1. The third-order valence-corrected chi connectivity index (χ3v) is 5.83. The van der Waals surface area contributed by atoms with Gasteiger partial charge in [-0.15, -0.1) is 0 Å². The lowest BCUT2D eigenvalue weighted by Crippen LogP contribution is -2.13. The SMILES string of the molecule is COc1cccc(F)c1C1=CCNCCC1.Cc1ccc(C)c(C2=CCCNCC2)c1. The Kier molecular flexibility index (Phi) is 8.86. The molecule has 2 heterocycles. The molecule has 2 N–H and O–H groups in total. The van der Waals surface area contributed by atoms with Crippen LogP contribution in [0.15, 0.2) is 48.6 Å². The van der Waals surface area contributed by atoms with Crippen LogP contribution in [0.1, 0.15) is 47.9 Å². The van der Waals surface area contributed by atoms with Crippen molar-refractivity contribution in [1.82, 2.24) is 10.6 Å². The number of hydrogen-bond acceptors (Lipinski definition) is 3. The van der Waals surface area contributed by atoms with Gasteiger partial charge in [0.05, 0.1) is 12.7 Å². The summed E-state index contributed by atoms with van der Waals surface area (Å²) >= 11 is 0. The molecule has 2 aromatic carbocycles. The molecule has 0 aliphatic carbocycles. The second-order valence-corrected chi connectivity index (χ2v) is 8.19.